The van der Waals surface area contributed by atoms with Crippen LogP contribution in [0, 0.1) is 11.8 Å². The van der Waals surface area contributed by atoms with Gasteiger partial charge in [-0.3, -0.25) is 0 Å². The Balaban J connectivity index is 1.52. The van der Waals surface area contributed by atoms with E-state index < -0.39 is 12.2 Å². The second-order valence-corrected chi connectivity index (χ2v) is 7.93. The first-order valence-corrected chi connectivity index (χ1v) is 9.09. The Morgan fingerprint density at radius 1 is 1.24 bits per heavy atom. The summed E-state index contributed by atoms with van der Waals surface area (Å²) in [6.45, 7) is 3.09. The van der Waals surface area contributed by atoms with Crippen molar-refractivity contribution in [1.82, 2.24) is 19.4 Å². The molecule has 0 bridgehead atoms. The van der Waals surface area contributed by atoms with Gasteiger partial charge >= 0.3 is 0 Å². The Morgan fingerprint density at radius 3 is 2.72 bits per heavy atom. The highest BCUT2D eigenvalue weighted by molar-refractivity contribution is 5.86. The Kier molecular flexibility index (Phi) is 4.17. The normalized spacial score (nSPS) is 35.4. The molecule has 4 atom stereocenters. The van der Waals surface area contributed by atoms with Crippen LogP contribution in [0.4, 0.5) is 5.82 Å². The van der Waals surface area contributed by atoms with Gasteiger partial charge in [-0.1, -0.05) is 6.92 Å². The number of hydrogen-bond acceptors (Lipinski definition) is 6. The molecule has 0 radical (unpaired) electrons. The molecule has 7 heteroatoms. The van der Waals surface area contributed by atoms with Gasteiger partial charge in [-0.25, -0.2) is 9.97 Å². The number of anilines is 1. The van der Waals surface area contributed by atoms with Crippen molar-refractivity contribution in [2.45, 2.75) is 50.5 Å². The van der Waals surface area contributed by atoms with Gasteiger partial charge in [0.1, 0.15) is 23.9 Å². The van der Waals surface area contributed by atoms with E-state index in [1.165, 1.54) is 19.2 Å². The molecule has 2 aromatic rings. The number of nitrogen functional groups attached to an aromatic ring is 1. The SMILES string of the molecule is CC1CC(N(C)C[C@H]2C[C@@H](n3ccc4c(N)ncnc43)[C@H](O)[C@@H]2O)C1. The molecule has 7 nitrogen and oxygen atoms in total. The number of nitrogens with zero attached hydrogens (tertiary/aromatic N) is 4. The monoisotopic (exact) mass is 345 g/mol. The summed E-state index contributed by atoms with van der Waals surface area (Å²) < 4.78 is 1.94. The van der Waals surface area contributed by atoms with E-state index in [1.54, 1.807) is 0 Å². The van der Waals surface area contributed by atoms with E-state index >= 15 is 0 Å². The molecule has 0 aromatic carbocycles. The maximum absolute atomic E-state index is 10.6. The molecule has 2 aliphatic carbocycles. The van der Waals surface area contributed by atoms with Crippen molar-refractivity contribution in [1.29, 1.82) is 0 Å². The zero-order valence-electron chi connectivity index (χ0n) is 14.8. The topological polar surface area (TPSA) is 100 Å². The summed E-state index contributed by atoms with van der Waals surface area (Å²) in [4.78, 5) is 10.7. The third kappa shape index (κ3) is 2.80. The lowest BCUT2D eigenvalue weighted by Gasteiger charge is -2.41. The van der Waals surface area contributed by atoms with Crippen molar-refractivity contribution in [3.8, 4) is 0 Å². The Bertz CT molecular complexity index is 757. The summed E-state index contributed by atoms with van der Waals surface area (Å²) in [6.07, 6.45) is 4.98. The number of fused-ring (bicyclic) bond motifs is 1. The van der Waals surface area contributed by atoms with E-state index in [4.69, 9.17) is 5.73 Å². The zero-order chi connectivity index (χ0) is 17.7. The molecule has 4 N–H and O–H groups in total. The molecule has 2 aromatic heterocycles. The van der Waals surface area contributed by atoms with Gasteiger partial charge < -0.3 is 25.4 Å². The number of hydrogen-bond donors (Lipinski definition) is 3. The first-order chi connectivity index (χ1) is 12.0. The molecule has 2 fully saturated rings. The largest absolute Gasteiger partial charge is 0.390 e. The number of nitrogens with two attached hydrogens (primary N) is 1. The number of aromatic nitrogens is 3. The summed E-state index contributed by atoms with van der Waals surface area (Å²) >= 11 is 0. The number of aliphatic hydroxyl groups is 2. The van der Waals surface area contributed by atoms with Gasteiger partial charge in [-0.05, 0) is 38.3 Å². The fourth-order valence-corrected chi connectivity index (χ4v) is 4.55. The Labute approximate surface area is 147 Å². The van der Waals surface area contributed by atoms with Gasteiger partial charge in [-0.2, -0.15) is 0 Å². The Morgan fingerprint density at radius 2 is 2.00 bits per heavy atom. The first kappa shape index (κ1) is 16.8. The van der Waals surface area contributed by atoms with Crippen molar-refractivity contribution < 1.29 is 10.2 Å². The predicted octanol–water partition coefficient (Wildman–Crippen LogP) is 1.03. The number of aliphatic hydroxyl groups excluding tert-OH is 2. The summed E-state index contributed by atoms with van der Waals surface area (Å²) in [5.74, 6) is 1.29. The third-order valence-electron chi connectivity index (χ3n) is 6.16. The molecular weight excluding hydrogens is 318 g/mol. The van der Waals surface area contributed by atoms with Gasteiger partial charge in [0, 0.05) is 24.7 Å². The van der Waals surface area contributed by atoms with Gasteiger partial charge in [0.05, 0.1) is 17.5 Å². The van der Waals surface area contributed by atoms with Crippen molar-refractivity contribution in [2.24, 2.45) is 11.8 Å². The standard InChI is InChI=1S/C18H27N5O2/c1-10-5-12(6-10)22(2)8-11-7-14(16(25)15(11)24)23-4-3-13-17(19)20-9-21-18(13)23/h3-4,9-12,14-16,24-25H,5-8H2,1-2H3,(H2,19,20,21)/t10?,11-,12?,14-,15-,16+/m1/s1. The second-order valence-electron chi connectivity index (χ2n) is 7.93. The molecule has 25 heavy (non-hydrogen) atoms. The maximum Gasteiger partial charge on any atom is 0.145 e. The first-order valence-electron chi connectivity index (χ1n) is 9.09. The smallest absolute Gasteiger partial charge is 0.145 e. The average Bonchev–Trinajstić information content (AvgIpc) is 3.09. The highest BCUT2D eigenvalue weighted by atomic mass is 16.3. The minimum absolute atomic E-state index is 0.0533. The van der Waals surface area contributed by atoms with Crippen LogP contribution in [0.15, 0.2) is 18.6 Å². The molecule has 0 saturated heterocycles. The molecule has 2 heterocycles. The lowest BCUT2D eigenvalue weighted by atomic mass is 9.80. The van der Waals surface area contributed by atoms with Crippen LogP contribution in [0.5, 0.6) is 0 Å². The minimum atomic E-state index is -0.800. The van der Waals surface area contributed by atoms with Crippen molar-refractivity contribution in [2.75, 3.05) is 19.3 Å². The highest BCUT2D eigenvalue weighted by Crippen LogP contribution is 2.39. The highest BCUT2D eigenvalue weighted by Gasteiger charge is 2.44. The van der Waals surface area contributed by atoms with Crippen LogP contribution < -0.4 is 5.73 Å². The fraction of sp³-hybridized carbons (Fsp3) is 0.667. The zero-order valence-corrected chi connectivity index (χ0v) is 14.8. The number of rotatable bonds is 4. The van der Waals surface area contributed by atoms with Crippen LogP contribution in [0.3, 0.4) is 0 Å². The van der Waals surface area contributed by atoms with Crippen molar-refractivity contribution in [3.63, 3.8) is 0 Å². The van der Waals surface area contributed by atoms with Crippen LogP contribution in [-0.2, 0) is 0 Å². The molecule has 0 spiro atoms. The predicted molar refractivity (Wildman–Crippen MR) is 95.9 cm³/mol. The summed E-state index contributed by atoms with van der Waals surface area (Å²) in [7, 11) is 2.13. The van der Waals surface area contributed by atoms with E-state index in [0.717, 1.165) is 24.3 Å². The van der Waals surface area contributed by atoms with E-state index in [9.17, 15) is 10.2 Å². The lowest BCUT2D eigenvalue weighted by Crippen LogP contribution is -2.45. The van der Waals surface area contributed by atoms with Crippen LogP contribution in [-0.4, -0.2) is 61.5 Å². The van der Waals surface area contributed by atoms with Crippen LogP contribution >= 0.6 is 0 Å². The third-order valence-corrected chi connectivity index (χ3v) is 6.16. The Hall–Kier alpha value is -1.70. The van der Waals surface area contributed by atoms with E-state index in [2.05, 4.69) is 28.8 Å². The summed E-state index contributed by atoms with van der Waals surface area (Å²) in [6, 6.07) is 2.29. The molecule has 0 aliphatic heterocycles. The lowest BCUT2D eigenvalue weighted by molar-refractivity contribution is -0.00561. The van der Waals surface area contributed by atoms with Gasteiger partial charge in [0.15, 0.2) is 0 Å². The maximum atomic E-state index is 10.6. The van der Waals surface area contributed by atoms with Gasteiger partial charge in [0.25, 0.3) is 0 Å². The molecule has 2 saturated carbocycles. The quantitative estimate of drug-likeness (QED) is 0.765. The second kappa shape index (κ2) is 6.23. The van der Waals surface area contributed by atoms with Crippen LogP contribution in [0.2, 0.25) is 0 Å². The van der Waals surface area contributed by atoms with Gasteiger partial charge in [-0.15, -0.1) is 0 Å². The van der Waals surface area contributed by atoms with Gasteiger partial charge in [0.2, 0.25) is 0 Å². The minimum Gasteiger partial charge on any atom is -0.390 e. The van der Waals surface area contributed by atoms with Crippen LogP contribution in [0.1, 0.15) is 32.2 Å². The van der Waals surface area contributed by atoms with Crippen molar-refractivity contribution in [3.05, 3.63) is 18.6 Å². The average molecular weight is 345 g/mol. The van der Waals surface area contributed by atoms with E-state index in [1.807, 2.05) is 16.8 Å². The fourth-order valence-electron chi connectivity index (χ4n) is 4.55. The molecule has 0 unspecified atom stereocenters. The van der Waals surface area contributed by atoms with E-state index in [0.29, 0.717) is 17.5 Å². The molecule has 2 aliphatic rings. The molecular formula is C18H27N5O2. The molecule has 0 amide bonds. The molecule has 4 rings (SSSR count). The molecule has 136 valence electrons. The van der Waals surface area contributed by atoms with E-state index in [-0.39, 0.29) is 12.0 Å². The summed E-state index contributed by atoms with van der Waals surface area (Å²) in [5, 5.41) is 22.0. The summed E-state index contributed by atoms with van der Waals surface area (Å²) in [5.41, 5.74) is 6.62. The van der Waals surface area contributed by atoms with Crippen molar-refractivity contribution >= 4 is 16.9 Å². The van der Waals surface area contributed by atoms with Crippen LogP contribution in [0.25, 0.3) is 11.0 Å².